The van der Waals surface area contributed by atoms with E-state index in [2.05, 4.69) is 24.2 Å². The first-order valence-electron chi connectivity index (χ1n) is 23.6. The number of benzene rings is 1. The number of aryl methyl sites for hydroxylation is 1. The first-order valence-corrected chi connectivity index (χ1v) is 26.3. The highest BCUT2D eigenvalue weighted by Crippen LogP contribution is 2.50. The Hall–Kier alpha value is -4.73. The zero-order chi connectivity index (χ0) is 52.6. The summed E-state index contributed by atoms with van der Waals surface area (Å²) < 4.78 is 25.5. The zero-order valence-electron chi connectivity index (χ0n) is 42.6. The second-order valence-corrected chi connectivity index (χ2v) is 23.4. The highest BCUT2D eigenvalue weighted by Gasteiger charge is 2.61. The van der Waals surface area contributed by atoms with Crippen LogP contribution in [0.2, 0.25) is 5.02 Å². The van der Waals surface area contributed by atoms with Gasteiger partial charge in [0, 0.05) is 69.5 Å². The molecule has 0 spiro atoms. The van der Waals surface area contributed by atoms with E-state index in [1.54, 1.807) is 84.6 Å². The van der Waals surface area contributed by atoms with Gasteiger partial charge in [-0.1, -0.05) is 62.2 Å². The van der Waals surface area contributed by atoms with Crippen LogP contribution >= 0.6 is 33.2 Å². The lowest BCUT2D eigenvalue weighted by atomic mass is 9.71. The number of aliphatic hydroxyl groups excluding tert-OH is 1. The van der Waals surface area contributed by atoms with Gasteiger partial charge in [0.2, 0.25) is 11.8 Å². The number of fused-ring (bicyclic) bond motifs is 9. The quantitative estimate of drug-likeness (QED) is 0.0766. The second kappa shape index (κ2) is 23.9. The number of hydrogen-bond donors (Lipinski definition) is 2. The van der Waals surface area contributed by atoms with Crippen LogP contribution in [0.25, 0.3) is 0 Å². The van der Waals surface area contributed by atoms with Gasteiger partial charge >= 0.3 is 11.9 Å². The number of rotatable bonds is 17. The second-order valence-electron chi connectivity index (χ2n) is 19.9. The molecule has 71 heavy (non-hydrogen) atoms. The van der Waals surface area contributed by atoms with Gasteiger partial charge in [-0.2, -0.15) is 0 Å². The largest absolute Gasteiger partial charge is 0.495 e. The minimum atomic E-state index is -1.78. The molecule has 4 aliphatic heterocycles. The van der Waals surface area contributed by atoms with E-state index in [-0.39, 0.29) is 59.7 Å². The number of carbonyl (C=O) groups is 6. The number of ether oxygens (including phenoxy) is 4. The lowest BCUT2D eigenvalue weighted by molar-refractivity contribution is -0.325. The van der Waals surface area contributed by atoms with Crippen LogP contribution in [-0.2, 0) is 62.5 Å². The average molecular weight is 1050 g/mol. The zero-order valence-corrected chi connectivity index (χ0v) is 44.9. The number of methoxy groups -OCH3 is 1. The number of aliphatic hydroxyl groups is 2. The monoisotopic (exact) mass is 1040 g/mol. The summed E-state index contributed by atoms with van der Waals surface area (Å²) in [6.45, 7) is 14.3. The number of aromatic nitrogens is 3. The lowest BCUT2D eigenvalue weighted by Crippen LogP contribution is -2.69. The highest BCUT2D eigenvalue weighted by molar-refractivity contribution is 8.77. The molecule has 4 aliphatic rings. The maximum atomic E-state index is 14.4. The molecule has 18 nitrogen and oxygen atoms in total. The van der Waals surface area contributed by atoms with E-state index in [9.17, 15) is 39.0 Å². The number of carbonyl (C=O) groups excluding carboxylic acids is 6. The Morgan fingerprint density at radius 1 is 1.07 bits per heavy atom. The van der Waals surface area contributed by atoms with E-state index in [1.165, 1.54) is 56.0 Å². The number of esters is 2. The first kappa shape index (κ1) is 57.2. The Bertz CT molecular complexity index is 2380. The molecule has 4 bridgehead atoms. The minimum absolute atomic E-state index is 0.0751. The van der Waals surface area contributed by atoms with Gasteiger partial charge in [-0.05, 0) is 91.8 Å². The van der Waals surface area contributed by atoms with Gasteiger partial charge in [0.1, 0.15) is 52.0 Å². The van der Waals surface area contributed by atoms with E-state index >= 15 is 0 Å². The summed E-state index contributed by atoms with van der Waals surface area (Å²) in [6, 6.07) is 2.48. The maximum Gasteiger partial charge on any atom is 0.328 e. The third-order valence-electron chi connectivity index (χ3n) is 13.1. The number of nitrogens with zero attached hydrogens (tertiary/aromatic N) is 6. The summed E-state index contributed by atoms with van der Waals surface area (Å²) in [5.74, 6) is -1.69. The van der Waals surface area contributed by atoms with Crippen molar-refractivity contribution < 1.29 is 57.9 Å². The smallest absolute Gasteiger partial charge is 0.328 e. The molecule has 1 saturated heterocycles. The molecule has 0 aliphatic carbocycles. The number of halogens is 1. The lowest BCUT2D eigenvalue weighted by Gasteiger charge is -2.58. The van der Waals surface area contributed by atoms with Crippen molar-refractivity contribution in [1.82, 2.24) is 24.8 Å². The number of hydrogen-bond acceptors (Lipinski definition) is 16. The Morgan fingerprint density at radius 2 is 1.73 bits per heavy atom. The van der Waals surface area contributed by atoms with E-state index < -0.39 is 59.0 Å². The van der Waals surface area contributed by atoms with Gasteiger partial charge < -0.3 is 39.0 Å². The number of unbranched alkanes of at least 4 members (excludes halogenated alkanes) is 1. The molecule has 7 atom stereocenters. The van der Waals surface area contributed by atoms with Gasteiger partial charge in [0.05, 0.1) is 37.6 Å². The maximum absolute atomic E-state index is 14.4. The van der Waals surface area contributed by atoms with Crippen molar-refractivity contribution in [2.24, 2.45) is 0 Å². The molecule has 1 fully saturated rings. The predicted octanol–water partition coefficient (Wildman–Crippen LogP) is 6.33. The van der Waals surface area contributed by atoms with Crippen LogP contribution in [0.3, 0.4) is 0 Å². The van der Waals surface area contributed by atoms with Crippen molar-refractivity contribution in [3.05, 3.63) is 70.6 Å². The number of anilines is 1. The minimum Gasteiger partial charge on any atom is -0.495 e. The van der Waals surface area contributed by atoms with Gasteiger partial charge in [0.25, 0.3) is 11.8 Å². The van der Waals surface area contributed by atoms with Gasteiger partial charge in [-0.3, -0.25) is 33.6 Å². The standard InChI is InChI=1S/C50H69ClN6O12S2/c1-31-15-14-16-38(59)48(6,65)27-40(67-33(3)58)50(8)30-49(7,69-50)39(26-44(63)55(10)36-24-34(23-31)25-37(66-11)45(36)51)68-46(64)32(2)54(9)41(60)19-20-47(4,5)71-70-22-13-12-21-56-28-35(52-53-56)29-57-42(61)17-18-43(57)62/h14-18,24-25,28,32,38-40,59,65H,12-13,19-23,26-27,29-30H2,1-11H3/b16-14+,31-15+/t32-,38+,39-,40-,48-,49+,50?/m0/s1. The third kappa shape index (κ3) is 14.9. The fourth-order valence-corrected chi connectivity index (χ4v) is 11.7. The molecule has 0 radical (unpaired) electrons. The third-order valence-corrected chi connectivity index (χ3v) is 16.9. The van der Waals surface area contributed by atoms with E-state index in [0.717, 1.165) is 34.6 Å². The van der Waals surface area contributed by atoms with E-state index in [1.807, 2.05) is 6.92 Å². The number of likely N-dealkylation sites (N-methyl/N-ethyl adjacent to an activating group) is 1. The summed E-state index contributed by atoms with van der Waals surface area (Å²) in [6.07, 6.45) is 7.78. The van der Waals surface area contributed by atoms with Crippen LogP contribution in [0.4, 0.5) is 5.69 Å². The molecule has 21 heteroatoms. The van der Waals surface area contributed by atoms with Crippen molar-refractivity contribution in [2.75, 3.05) is 31.9 Å². The molecule has 4 amide bonds. The van der Waals surface area contributed by atoms with Crippen molar-refractivity contribution in [1.29, 1.82) is 0 Å². The Labute approximate surface area is 429 Å². The van der Waals surface area contributed by atoms with Crippen molar-refractivity contribution >= 4 is 74.4 Å². The first-order chi connectivity index (χ1) is 33.2. The number of imide groups is 1. The molecule has 2 N–H and O–H groups in total. The van der Waals surface area contributed by atoms with Crippen LogP contribution in [0, 0.1) is 0 Å². The van der Waals surface area contributed by atoms with E-state index in [0.29, 0.717) is 36.5 Å². The average Bonchev–Trinajstić information content (AvgIpc) is 3.88. The van der Waals surface area contributed by atoms with Crippen LogP contribution in [0.5, 0.6) is 5.75 Å². The summed E-state index contributed by atoms with van der Waals surface area (Å²) in [4.78, 5) is 82.1. The van der Waals surface area contributed by atoms with Gasteiger partial charge in [0.15, 0.2) is 0 Å². The molecule has 5 heterocycles. The van der Waals surface area contributed by atoms with Crippen LogP contribution in [-0.4, -0.2) is 143 Å². The number of amides is 4. The topological polar surface area (TPSA) is 220 Å². The molecule has 1 unspecified atom stereocenters. The molecular weight excluding hydrogens is 976 g/mol. The normalized spacial score (nSPS) is 26.9. The highest BCUT2D eigenvalue weighted by atomic mass is 35.5. The Balaban J connectivity index is 1.23. The number of allylic oxidation sites excluding steroid dienone is 3. The van der Waals surface area contributed by atoms with E-state index in [4.69, 9.17) is 30.5 Å². The fraction of sp³-hybridized carbons (Fsp3) is 0.600. The molecule has 1 aromatic carbocycles. The van der Waals surface area contributed by atoms with Crippen molar-refractivity contribution in [2.45, 2.75) is 166 Å². The van der Waals surface area contributed by atoms with Gasteiger partial charge in [-0.15, -0.1) is 5.10 Å². The molecule has 2 aromatic rings. The van der Waals surface area contributed by atoms with Crippen LogP contribution < -0.4 is 9.64 Å². The summed E-state index contributed by atoms with van der Waals surface area (Å²) in [5.41, 5.74) is -1.82. The Kier molecular flexibility index (Phi) is 19.2. The molecule has 1 aromatic heterocycles. The molecular formula is C50H69ClN6O12S2. The molecule has 6 rings (SSSR count). The molecule has 390 valence electrons. The SMILES string of the molecule is COc1cc2cc(c1Cl)N(C)C(=O)C[C@H](OC(=O)[C@H](C)N(C)C(=O)CCC(C)(C)SSCCCCn1cc(CN3C(=O)C=CC3=O)nn1)[C@@]1(C)CC(C)(O1)[C@@H](OC(C)=O)C[C@](C)(O)[C@H](O)/C=C/C=C(\C)C2. The summed E-state index contributed by atoms with van der Waals surface area (Å²) >= 11 is 6.81. The Morgan fingerprint density at radius 3 is 2.38 bits per heavy atom. The molecule has 0 saturated carbocycles. The summed E-state index contributed by atoms with van der Waals surface area (Å²) in [5, 5.41) is 31.1. The van der Waals surface area contributed by atoms with Gasteiger partial charge in [-0.25, -0.2) is 4.79 Å². The van der Waals surface area contributed by atoms with Crippen LogP contribution in [0.15, 0.2) is 54.3 Å². The fourth-order valence-electron chi connectivity index (χ4n) is 8.66. The summed E-state index contributed by atoms with van der Waals surface area (Å²) in [7, 11) is 7.95. The predicted molar refractivity (Wildman–Crippen MR) is 271 cm³/mol. The van der Waals surface area contributed by atoms with Crippen molar-refractivity contribution in [3.63, 3.8) is 0 Å². The van der Waals surface area contributed by atoms with Crippen molar-refractivity contribution in [3.8, 4) is 5.75 Å². The van der Waals surface area contributed by atoms with Crippen LogP contribution in [0.1, 0.15) is 112 Å².